The number of fused-ring (bicyclic) bond motifs is 2. The first-order valence-electron chi connectivity index (χ1n) is 6.49. The van der Waals surface area contributed by atoms with Gasteiger partial charge in [0.15, 0.2) is 0 Å². The molecule has 1 aromatic carbocycles. The van der Waals surface area contributed by atoms with Crippen molar-refractivity contribution in [2.75, 3.05) is 0 Å². The zero-order chi connectivity index (χ0) is 13.5. The summed E-state index contributed by atoms with van der Waals surface area (Å²) in [5.41, 5.74) is 9.16. The summed E-state index contributed by atoms with van der Waals surface area (Å²) in [6.45, 7) is 0. The third-order valence-corrected chi connectivity index (χ3v) is 3.54. The second-order valence-corrected chi connectivity index (χ2v) is 4.79. The molecule has 4 heteroatoms. The molecule has 0 spiro atoms. The topological polar surface area (TPSA) is 56.5 Å². The van der Waals surface area contributed by atoms with Crippen LogP contribution in [0, 0.1) is 0 Å². The number of rotatable bonds is 2. The third-order valence-electron chi connectivity index (χ3n) is 3.54. The average molecular weight is 263 g/mol. The second kappa shape index (κ2) is 4.21. The van der Waals surface area contributed by atoms with E-state index in [1.165, 1.54) is 0 Å². The van der Waals surface area contributed by atoms with E-state index < -0.39 is 0 Å². The molecule has 0 amide bonds. The zero-order valence-electron chi connectivity index (χ0n) is 10.7. The molecule has 20 heavy (non-hydrogen) atoms. The molecule has 0 bridgehead atoms. The third kappa shape index (κ3) is 1.62. The summed E-state index contributed by atoms with van der Waals surface area (Å²) in [7, 11) is 0. The Kier molecular flexibility index (Phi) is 2.37. The molecule has 98 valence electrons. The molecule has 4 aromatic rings. The van der Waals surface area contributed by atoms with E-state index >= 15 is 0 Å². The van der Waals surface area contributed by atoms with Crippen molar-refractivity contribution in [3.05, 3.63) is 72.2 Å². The van der Waals surface area contributed by atoms with Crippen LogP contribution in [0.5, 0.6) is 0 Å². The van der Waals surface area contributed by atoms with E-state index in [-0.39, 0.29) is 6.04 Å². The Balaban J connectivity index is 1.85. The van der Waals surface area contributed by atoms with Crippen LogP contribution in [0.3, 0.4) is 0 Å². The predicted molar refractivity (Wildman–Crippen MR) is 77.4 cm³/mol. The van der Waals surface area contributed by atoms with Gasteiger partial charge in [-0.25, -0.2) is 4.52 Å². The maximum atomic E-state index is 6.34. The number of furan rings is 1. The monoisotopic (exact) mass is 263 g/mol. The normalized spacial score (nSPS) is 13.1. The summed E-state index contributed by atoms with van der Waals surface area (Å²) in [6.07, 6.45) is 3.71. The molecule has 0 radical (unpaired) electrons. The molecule has 0 aliphatic carbocycles. The minimum absolute atomic E-state index is 0.317. The second-order valence-electron chi connectivity index (χ2n) is 4.79. The molecule has 4 rings (SSSR count). The first kappa shape index (κ1) is 11.3. The average Bonchev–Trinajstić information content (AvgIpc) is 3.10. The molecule has 3 heterocycles. The molecule has 4 nitrogen and oxygen atoms in total. The molecule has 2 N–H and O–H groups in total. The maximum Gasteiger partial charge on any atom is 0.134 e. The van der Waals surface area contributed by atoms with Crippen LogP contribution in [0.25, 0.3) is 16.5 Å². The number of para-hydroxylation sites is 1. The molecule has 1 atom stereocenters. The maximum absolute atomic E-state index is 6.34. The quantitative estimate of drug-likeness (QED) is 0.604. The Morgan fingerprint density at radius 1 is 1.10 bits per heavy atom. The minimum atomic E-state index is -0.317. The van der Waals surface area contributed by atoms with Crippen molar-refractivity contribution >= 4 is 16.5 Å². The van der Waals surface area contributed by atoms with Gasteiger partial charge in [0.05, 0.1) is 17.8 Å². The highest BCUT2D eigenvalue weighted by Gasteiger charge is 2.18. The van der Waals surface area contributed by atoms with Gasteiger partial charge in [0.25, 0.3) is 0 Å². The van der Waals surface area contributed by atoms with Crippen LogP contribution >= 0.6 is 0 Å². The highest BCUT2D eigenvalue weighted by atomic mass is 16.3. The summed E-state index contributed by atoms with van der Waals surface area (Å²) in [5.74, 6) is 0.755. The van der Waals surface area contributed by atoms with Crippen LogP contribution in [-0.2, 0) is 0 Å². The summed E-state index contributed by atoms with van der Waals surface area (Å²) in [5, 5.41) is 5.38. The summed E-state index contributed by atoms with van der Waals surface area (Å²) in [6, 6.07) is 15.5. The van der Waals surface area contributed by atoms with E-state index in [4.69, 9.17) is 10.2 Å². The van der Waals surface area contributed by atoms with Gasteiger partial charge in [0.2, 0.25) is 0 Å². The van der Waals surface area contributed by atoms with Crippen molar-refractivity contribution in [3.63, 3.8) is 0 Å². The van der Waals surface area contributed by atoms with E-state index in [0.29, 0.717) is 0 Å². The first-order chi connectivity index (χ1) is 9.83. The summed E-state index contributed by atoms with van der Waals surface area (Å²) < 4.78 is 7.66. The van der Waals surface area contributed by atoms with Crippen molar-refractivity contribution in [3.8, 4) is 0 Å². The van der Waals surface area contributed by atoms with Gasteiger partial charge in [0, 0.05) is 17.1 Å². The Morgan fingerprint density at radius 2 is 1.95 bits per heavy atom. The van der Waals surface area contributed by atoms with Gasteiger partial charge in [0.1, 0.15) is 11.3 Å². The molecule has 3 aromatic heterocycles. The van der Waals surface area contributed by atoms with Gasteiger partial charge in [-0.2, -0.15) is 5.10 Å². The van der Waals surface area contributed by atoms with Gasteiger partial charge < -0.3 is 10.2 Å². The van der Waals surface area contributed by atoms with Gasteiger partial charge in [-0.15, -0.1) is 0 Å². The molecule has 0 fully saturated rings. The molecule has 0 saturated carbocycles. The lowest BCUT2D eigenvalue weighted by atomic mass is 10.1. The standard InChI is InChI=1S/C16H13N3O/c17-16(12-10-18-19-8-4-3-6-13(12)19)15-9-11-5-1-2-7-14(11)20-15/h1-10,16H,17H2. The number of pyridine rings is 1. The number of nitrogens with zero attached hydrogens (tertiary/aromatic N) is 2. The van der Waals surface area contributed by atoms with Crippen LogP contribution < -0.4 is 5.73 Å². The Morgan fingerprint density at radius 3 is 2.85 bits per heavy atom. The van der Waals surface area contributed by atoms with Gasteiger partial charge in [-0.3, -0.25) is 0 Å². The lowest BCUT2D eigenvalue weighted by molar-refractivity contribution is 0.526. The number of benzene rings is 1. The smallest absolute Gasteiger partial charge is 0.134 e. The van der Waals surface area contributed by atoms with Gasteiger partial charge >= 0.3 is 0 Å². The van der Waals surface area contributed by atoms with Crippen LogP contribution in [0.1, 0.15) is 17.4 Å². The lowest BCUT2D eigenvalue weighted by Crippen LogP contribution is -2.10. The number of hydrogen-bond donors (Lipinski definition) is 1. The first-order valence-corrected chi connectivity index (χ1v) is 6.49. The van der Waals surface area contributed by atoms with Crippen molar-refractivity contribution in [2.24, 2.45) is 5.73 Å². The van der Waals surface area contributed by atoms with Crippen molar-refractivity contribution in [2.45, 2.75) is 6.04 Å². The fourth-order valence-electron chi connectivity index (χ4n) is 2.50. The SMILES string of the molecule is NC(c1cc2ccccc2o1)c1cnn2ccccc12. The molecular formula is C16H13N3O. The Hall–Kier alpha value is -2.59. The fourth-order valence-corrected chi connectivity index (χ4v) is 2.50. The number of nitrogens with two attached hydrogens (primary N) is 1. The van der Waals surface area contributed by atoms with E-state index in [1.807, 2.05) is 59.2 Å². The van der Waals surface area contributed by atoms with Crippen LogP contribution in [0.15, 0.2) is 65.3 Å². The minimum Gasteiger partial charge on any atom is -0.459 e. The molecule has 1 unspecified atom stereocenters. The van der Waals surface area contributed by atoms with E-state index in [0.717, 1.165) is 27.8 Å². The Bertz CT molecular complexity index is 858. The number of aromatic nitrogens is 2. The highest BCUT2D eigenvalue weighted by Crippen LogP contribution is 2.28. The predicted octanol–water partition coefficient (Wildman–Crippen LogP) is 3.13. The zero-order valence-corrected chi connectivity index (χ0v) is 10.7. The molecule has 0 aliphatic rings. The van der Waals surface area contributed by atoms with Crippen molar-refractivity contribution in [1.29, 1.82) is 0 Å². The van der Waals surface area contributed by atoms with Crippen molar-refractivity contribution < 1.29 is 4.42 Å². The fraction of sp³-hybridized carbons (Fsp3) is 0.0625. The van der Waals surface area contributed by atoms with E-state index in [2.05, 4.69) is 5.10 Å². The van der Waals surface area contributed by atoms with Crippen LogP contribution in [0.2, 0.25) is 0 Å². The van der Waals surface area contributed by atoms with Gasteiger partial charge in [-0.1, -0.05) is 24.3 Å². The van der Waals surface area contributed by atoms with E-state index in [1.54, 1.807) is 6.20 Å². The molecular weight excluding hydrogens is 250 g/mol. The Labute approximate surface area is 115 Å². The number of hydrogen-bond acceptors (Lipinski definition) is 3. The molecule has 0 saturated heterocycles. The highest BCUT2D eigenvalue weighted by molar-refractivity contribution is 5.78. The summed E-state index contributed by atoms with van der Waals surface area (Å²) >= 11 is 0. The molecule has 0 aliphatic heterocycles. The summed E-state index contributed by atoms with van der Waals surface area (Å²) in [4.78, 5) is 0. The van der Waals surface area contributed by atoms with Crippen LogP contribution in [0.4, 0.5) is 0 Å². The lowest BCUT2D eigenvalue weighted by Gasteiger charge is -2.06. The largest absolute Gasteiger partial charge is 0.459 e. The van der Waals surface area contributed by atoms with E-state index in [9.17, 15) is 0 Å². The van der Waals surface area contributed by atoms with Crippen molar-refractivity contribution in [1.82, 2.24) is 9.61 Å². The van der Waals surface area contributed by atoms with Crippen LogP contribution in [-0.4, -0.2) is 9.61 Å². The van der Waals surface area contributed by atoms with Gasteiger partial charge in [-0.05, 0) is 24.3 Å².